The lowest BCUT2D eigenvalue weighted by atomic mass is 10.2. The summed E-state index contributed by atoms with van der Waals surface area (Å²) < 4.78 is 5.35. The van der Waals surface area contributed by atoms with Crippen molar-refractivity contribution in [2.75, 3.05) is 13.2 Å². The molecule has 0 spiro atoms. The van der Waals surface area contributed by atoms with Crippen molar-refractivity contribution in [3.05, 3.63) is 29.8 Å². The van der Waals surface area contributed by atoms with Gasteiger partial charge in [0.05, 0.1) is 13.0 Å². The highest BCUT2D eigenvalue weighted by Crippen LogP contribution is 2.11. The number of benzene rings is 1. The third-order valence-electron chi connectivity index (χ3n) is 2.50. The molecule has 6 heteroatoms. The van der Waals surface area contributed by atoms with E-state index in [-0.39, 0.29) is 25.4 Å². The van der Waals surface area contributed by atoms with Gasteiger partial charge in [0.1, 0.15) is 12.0 Å². The maximum absolute atomic E-state index is 11.4. The number of rotatable bonds is 9. The first-order valence-electron chi connectivity index (χ1n) is 6.28. The molecule has 0 heterocycles. The smallest absolute Gasteiger partial charge is 0.303 e. The fourth-order valence-corrected chi connectivity index (χ4v) is 1.46. The second kappa shape index (κ2) is 8.68. The Kier molecular flexibility index (Phi) is 6.81. The molecule has 0 bridgehead atoms. The van der Waals surface area contributed by atoms with Crippen LogP contribution >= 0.6 is 0 Å². The number of amides is 1. The Bertz CT molecular complexity index is 455. The Morgan fingerprint density at radius 1 is 1.20 bits per heavy atom. The summed E-state index contributed by atoms with van der Waals surface area (Å²) in [5, 5.41) is 11.0. The molecule has 0 saturated carbocycles. The zero-order chi connectivity index (χ0) is 14.8. The Labute approximate surface area is 116 Å². The van der Waals surface area contributed by atoms with Crippen molar-refractivity contribution in [1.82, 2.24) is 5.32 Å². The van der Waals surface area contributed by atoms with Crippen LogP contribution in [-0.4, -0.2) is 36.4 Å². The first-order chi connectivity index (χ1) is 9.61. The number of carboxylic acids is 1. The van der Waals surface area contributed by atoms with Gasteiger partial charge in [0, 0.05) is 18.5 Å². The number of aliphatic carboxylic acids is 1. The zero-order valence-corrected chi connectivity index (χ0v) is 11.0. The fraction of sp³-hybridized carbons (Fsp3) is 0.357. The minimum absolute atomic E-state index is 0.0415. The second-order valence-corrected chi connectivity index (χ2v) is 4.13. The van der Waals surface area contributed by atoms with Gasteiger partial charge in [-0.2, -0.15) is 0 Å². The van der Waals surface area contributed by atoms with Crippen LogP contribution in [0.5, 0.6) is 5.75 Å². The summed E-state index contributed by atoms with van der Waals surface area (Å²) in [6.45, 7) is 0.574. The third-order valence-corrected chi connectivity index (χ3v) is 2.50. The first-order valence-corrected chi connectivity index (χ1v) is 6.28. The summed E-state index contributed by atoms with van der Waals surface area (Å²) in [6.07, 6.45) is 1.39. The molecular weight excluding hydrogens is 262 g/mol. The number of carbonyl (C=O) groups is 3. The van der Waals surface area contributed by atoms with Crippen molar-refractivity contribution in [1.29, 1.82) is 0 Å². The van der Waals surface area contributed by atoms with E-state index in [0.717, 1.165) is 6.29 Å². The van der Waals surface area contributed by atoms with Crippen LogP contribution in [-0.2, 0) is 9.59 Å². The summed E-state index contributed by atoms with van der Waals surface area (Å²) in [6, 6.07) is 6.59. The van der Waals surface area contributed by atoms with E-state index >= 15 is 0 Å². The molecule has 0 radical (unpaired) electrons. The molecule has 0 aliphatic carbocycles. The van der Waals surface area contributed by atoms with Gasteiger partial charge in [-0.05, 0) is 30.7 Å². The standard InChI is InChI=1S/C14H17NO5/c16-10-11-3-5-12(6-4-11)20-9-7-13(17)15-8-1-2-14(18)19/h3-6,10H,1-2,7-9H2,(H,15,17)(H,18,19). The summed E-state index contributed by atoms with van der Waals surface area (Å²) in [4.78, 5) is 32.1. The van der Waals surface area contributed by atoms with Gasteiger partial charge < -0.3 is 15.2 Å². The molecule has 0 atom stereocenters. The molecule has 2 N–H and O–H groups in total. The summed E-state index contributed by atoms with van der Waals surface area (Å²) in [5.41, 5.74) is 0.563. The highest BCUT2D eigenvalue weighted by atomic mass is 16.5. The number of carboxylic acid groups (broad SMARTS) is 1. The van der Waals surface area contributed by atoms with Gasteiger partial charge in [-0.25, -0.2) is 0 Å². The van der Waals surface area contributed by atoms with Crippen LogP contribution in [0.1, 0.15) is 29.6 Å². The number of carbonyl (C=O) groups excluding carboxylic acids is 2. The summed E-state index contributed by atoms with van der Waals surface area (Å²) >= 11 is 0. The Morgan fingerprint density at radius 2 is 1.90 bits per heavy atom. The minimum Gasteiger partial charge on any atom is -0.493 e. The van der Waals surface area contributed by atoms with E-state index in [9.17, 15) is 14.4 Å². The van der Waals surface area contributed by atoms with Crippen LogP contribution in [0.3, 0.4) is 0 Å². The maximum atomic E-state index is 11.4. The van der Waals surface area contributed by atoms with Crippen LogP contribution < -0.4 is 10.1 Å². The highest BCUT2D eigenvalue weighted by Gasteiger charge is 2.03. The molecule has 0 unspecified atom stereocenters. The van der Waals surface area contributed by atoms with Crippen molar-refractivity contribution >= 4 is 18.2 Å². The topological polar surface area (TPSA) is 92.7 Å². The lowest BCUT2D eigenvalue weighted by Crippen LogP contribution is -2.26. The number of nitrogens with one attached hydrogen (secondary N) is 1. The van der Waals surface area contributed by atoms with Gasteiger partial charge in [0.2, 0.25) is 5.91 Å². The Morgan fingerprint density at radius 3 is 2.50 bits per heavy atom. The van der Waals surface area contributed by atoms with E-state index in [4.69, 9.17) is 9.84 Å². The quantitative estimate of drug-likeness (QED) is 0.524. The van der Waals surface area contributed by atoms with E-state index < -0.39 is 5.97 Å². The van der Waals surface area contributed by atoms with Crippen molar-refractivity contribution in [2.45, 2.75) is 19.3 Å². The van der Waals surface area contributed by atoms with Crippen LogP contribution in [0.15, 0.2) is 24.3 Å². The molecule has 1 aromatic rings. The largest absolute Gasteiger partial charge is 0.493 e. The number of ether oxygens (including phenoxy) is 1. The van der Waals surface area contributed by atoms with Crippen LogP contribution in [0.25, 0.3) is 0 Å². The molecule has 20 heavy (non-hydrogen) atoms. The summed E-state index contributed by atoms with van der Waals surface area (Å²) in [5.74, 6) is -0.462. The van der Waals surface area contributed by atoms with E-state index in [1.165, 1.54) is 0 Å². The number of hydrogen-bond acceptors (Lipinski definition) is 4. The molecule has 1 aromatic carbocycles. The van der Waals surface area contributed by atoms with Gasteiger partial charge >= 0.3 is 5.97 Å². The van der Waals surface area contributed by atoms with Gasteiger partial charge in [-0.3, -0.25) is 14.4 Å². The van der Waals surface area contributed by atoms with E-state index in [0.29, 0.717) is 24.3 Å². The molecule has 0 aliphatic heterocycles. The molecule has 1 amide bonds. The van der Waals surface area contributed by atoms with Crippen LogP contribution in [0.4, 0.5) is 0 Å². The Hall–Kier alpha value is -2.37. The van der Waals surface area contributed by atoms with Gasteiger partial charge in [-0.1, -0.05) is 0 Å². The minimum atomic E-state index is -0.874. The molecule has 1 rings (SSSR count). The molecule has 0 saturated heterocycles. The maximum Gasteiger partial charge on any atom is 0.303 e. The monoisotopic (exact) mass is 279 g/mol. The normalized spacial score (nSPS) is 9.80. The van der Waals surface area contributed by atoms with Crippen LogP contribution in [0.2, 0.25) is 0 Å². The zero-order valence-electron chi connectivity index (χ0n) is 11.0. The summed E-state index contributed by atoms with van der Waals surface area (Å²) in [7, 11) is 0. The molecule has 0 fully saturated rings. The predicted molar refractivity (Wildman–Crippen MR) is 71.8 cm³/mol. The van der Waals surface area contributed by atoms with Crippen LogP contribution in [0, 0.1) is 0 Å². The highest BCUT2D eigenvalue weighted by molar-refractivity contribution is 5.76. The third kappa shape index (κ3) is 6.53. The molecule has 108 valence electrons. The van der Waals surface area contributed by atoms with Gasteiger partial charge in [0.25, 0.3) is 0 Å². The van der Waals surface area contributed by atoms with E-state index in [2.05, 4.69) is 5.32 Å². The van der Waals surface area contributed by atoms with E-state index in [1.807, 2.05) is 0 Å². The van der Waals surface area contributed by atoms with E-state index in [1.54, 1.807) is 24.3 Å². The van der Waals surface area contributed by atoms with Gasteiger partial charge in [0.15, 0.2) is 0 Å². The molecule has 0 aliphatic rings. The average Bonchev–Trinajstić information content (AvgIpc) is 2.44. The molecule has 0 aromatic heterocycles. The molecule has 6 nitrogen and oxygen atoms in total. The van der Waals surface area contributed by atoms with Crippen molar-refractivity contribution in [3.63, 3.8) is 0 Å². The van der Waals surface area contributed by atoms with Crippen molar-refractivity contribution < 1.29 is 24.2 Å². The average molecular weight is 279 g/mol. The SMILES string of the molecule is O=Cc1ccc(OCCC(=O)NCCCC(=O)O)cc1. The second-order valence-electron chi connectivity index (χ2n) is 4.13. The lowest BCUT2D eigenvalue weighted by Gasteiger charge is -2.07. The number of aldehydes is 1. The number of hydrogen-bond donors (Lipinski definition) is 2. The Balaban J connectivity index is 2.14. The predicted octanol–water partition coefficient (Wildman–Crippen LogP) is 1.25. The van der Waals surface area contributed by atoms with Gasteiger partial charge in [-0.15, -0.1) is 0 Å². The lowest BCUT2D eigenvalue weighted by molar-refractivity contribution is -0.137. The first kappa shape index (κ1) is 15.7. The fourth-order valence-electron chi connectivity index (χ4n) is 1.46. The molecular formula is C14H17NO5. The van der Waals surface area contributed by atoms with Crippen molar-refractivity contribution in [3.8, 4) is 5.75 Å². The van der Waals surface area contributed by atoms with Crippen molar-refractivity contribution in [2.24, 2.45) is 0 Å².